The van der Waals surface area contributed by atoms with E-state index in [-0.39, 0.29) is 21.7 Å². The minimum Gasteiger partial charge on any atom is -0.292 e. The van der Waals surface area contributed by atoms with Gasteiger partial charge in [0.2, 0.25) is 0 Å². The molecule has 2 heterocycles. The number of aromatic nitrogens is 3. The highest BCUT2D eigenvalue weighted by molar-refractivity contribution is 7.21. The van der Waals surface area contributed by atoms with E-state index in [4.69, 9.17) is 9.97 Å². The van der Waals surface area contributed by atoms with Gasteiger partial charge in [0.1, 0.15) is 10.8 Å². The van der Waals surface area contributed by atoms with Gasteiger partial charge in [0.15, 0.2) is 0 Å². The molecule has 124 heavy (non-hydrogen) atoms. The second-order valence-corrected chi connectivity index (χ2v) is 37.6. The Bertz CT molecular complexity index is 8050. The van der Waals surface area contributed by atoms with Gasteiger partial charge in [-0.25, -0.2) is 9.97 Å². The van der Waals surface area contributed by atoms with Crippen LogP contribution in [0.1, 0.15) is 99.9 Å². The van der Waals surface area contributed by atoms with Crippen molar-refractivity contribution in [1.82, 2.24) is 14.5 Å². The molecule has 0 saturated heterocycles. The Morgan fingerprint density at radius 2 is 0.508 bits per heavy atom. The van der Waals surface area contributed by atoms with E-state index in [0.29, 0.717) is 0 Å². The van der Waals surface area contributed by atoms with E-state index in [1.165, 1.54) is 204 Å². The summed E-state index contributed by atoms with van der Waals surface area (Å²) in [4.78, 5) is 10.2. The van der Waals surface area contributed by atoms with Crippen LogP contribution in [0, 0.1) is 0 Å². The van der Waals surface area contributed by atoms with Gasteiger partial charge >= 0.3 is 0 Å². The lowest BCUT2D eigenvalue weighted by atomic mass is 9.80. The zero-order valence-electron chi connectivity index (χ0n) is 70.6. The number of nitrogens with zero attached hydrogens (tertiary/aromatic N) is 3. The third-order valence-corrected chi connectivity index (χ3v) is 29.4. The molecule has 4 aliphatic rings. The highest BCUT2D eigenvalue weighted by Gasteiger charge is 2.40. The summed E-state index contributed by atoms with van der Waals surface area (Å²) in [5, 5.41) is 11.1. The molecule has 0 N–H and O–H groups in total. The summed E-state index contributed by atoms with van der Waals surface area (Å²) in [6.07, 6.45) is 0. The van der Waals surface area contributed by atoms with Gasteiger partial charge in [-0.15, -0.1) is 11.3 Å². The zero-order valence-corrected chi connectivity index (χ0v) is 71.4. The molecule has 588 valence electrons. The summed E-state index contributed by atoms with van der Waals surface area (Å²) >= 11 is 1.75. The SMILES string of the molecule is CC1(C)c2ccccc2-c2ccc(-c3ccc4c(-c5ccc(-c6nc7ccccc7n6-c6ccccc6)cc5)c5ccccc5c(-c5ccc6c(c5)C(C)(C)c5ccccc5-6)c4c3)cc21.CC1(C)c2ccccc2-c2ccc(-c3ccc4c(-c5ccc(-c6nc7ccccc7s6)cc5)c5ccccc5c(-c5ccc6c(c5)C(C)(C)c5ccccc5-6)c4c3)cc21. The van der Waals surface area contributed by atoms with Crippen LogP contribution < -0.4 is 0 Å². The molecule has 0 bridgehead atoms. The van der Waals surface area contributed by atoms with Crippen molar-refractivity contribution in [2.75, 3.05) is 0 Å². The Kier molecular flexibility index (Phi) is 16.3. The first-order valence-electron chi connectivity index (χ1n) is 43.6. The lowest BCUT2D eigenvalue weighted by molar-refractivity contribution is 0.660. The maximum Gasteiger partial charge on any atom is 0.145 e. The van der Waals surface area contributed by atoms with Crippen molar-refractivity contribution in [1.29, 1.82) is 0 Å². The van der Waals surface area contributed by atoms with Crippen molar-refractivity contribution in [3.05, 3.63) is 427 Å². The van der Waals surface area contributed by atoms with Gasteiger partial charge in [0.25, 0.3) is 0 Å². The quantitative estimate of drug-likeness (QED) is 0.135. The highest BCUT2D eigenvalue weighted by Crippen LogP contribution is 2.57. The predicted octanol–water partition coefficient (Wildman–Crippen LogP) is 32.5. The van der Waals surface area contributed by atoms with Crippen LogP contribution in [-0.2, 0) is 21.7 Å². The normalized spacial score (nSPS) is 14.2. The topological polar surface area (TPSA) is 30.7 Å². The van der Waals surface area contributed by atoms with Crippen molar-refractivity contribution >= 4 is 75.7 Å². The first-order chi connectivity index (χ1) is 60.5. The number of hydrogen-bond acceptors (Lipinski definition) is 3. The Balaban J connectivity index is 0.000000140. The van der Waals surface area contributed by atoms with E-state index in [2.05, 4.69) is 442 Å². The molecule has 0 fully saturated rings. The van der Waals surface area contributed by atoms with Gasteiger partial charge in [-0.1, -0.05) is 365 Å². The number of imidazole rings is 1. The first-order valence-corrected chi connectivity index (χ1v) is 44.4. The monoisotopic (exact) mass is 1600 g/mol. The second-order valence-electron chi connectivity index (χ2n) is 36.6. The fourth-order valence-corrected chi connectivity index (χ4v) is 23.0. The average Bonchev–Trinajstić information content (AvgIpc) is 1.63. The van der Waals surface area contributed by atoms with Crippen LogP contribution in [0.4, 0.5) is 0 Å². The van der Waals surface area contributed by atoms with E-state index < -0.39 is 0 Å². The molecule has 21 aromatic rings. The summed E-state index contributed by atoms with van der Waals surface area (Å²) < 4.78 is 3.49. The Labute approximate surface area is 727 Å². The largest absolute Gasteiger partial charge is 0.292 e. The number of fused-ring (bicyclic) bond motifs is 18. The molecule has 0 amide bonds. The van der Waals surface area contributed by atoms with Crippen molar-refractivity contribution in [3.63, 3.8) is 0 Å². The van der Waals surface area contributed by atoms with Crippen LogP contribution in [0.5, 0.6) is 0 Å². The molecular weight excluding hydrogens is 1520 g/mol. The van der Waals surface area contributed by atoms with Crippen molar-refractivity contribution in [3.8, 4) is 139 Å². The fourth-order valence-electron chi connectivity index (χ4n) is 22.1. The zero-order chi connectivity index (χ0) is 83.2. The van der Waals surface area contributed by atoms with Crippen LogP contribution in [0.25, 0.3) is 203 Å². The minimum atomic E-state index is -0.115. The fraction of sp³-hybridized carbons (Fsp3) is 0.100. The minimum absolute atomic E-state index is 0.0698. The molecule has 25 rings (SSSR count). The summed E-state index contributed by atoms with van der Waals surface area (Å²) in [7, 11) is 0. The Hall–Kier alpha value is -14.4. The van der Waals surface area contributed by atoms with E-state index >= 15 is 0 Å². The van der Waals surface area contributed by atoms with Gasteiger partial charge in [-0.05, 0) is 272 Å². The summed E-state index contributed by atoms with van der Waals surface area (Å²) in [5.41, 5.74) is 42.9. The molecule has 4 aliphatic carbocycles. The maximum atomic E-state index is 5.20. The number of benzene rings is 19. The van der Waals surface area contributed by atoms with Crippen LogP contribution >= 0.6 is 11.3 Å². The smallest absolute Gasteiger partial charge is 0.145 e. The van der Waals surface area contributed by atoms with Crippen molar-refractivity contribution < 1.29 is 0 Å². The van der Waals surface area contributed by atoms with Crippen LogP contribution in [0.15, 0.2) is 382 Å². The van der Waals surface area contributed by atoms with E-state index in [1.807, 2.05) is 0 Å². The van der Waals surface area contributed by atoms with Crippen LogP contribution in [-0.4, -0.2) is 14.5 Å². The molecule has 3 nitrogen and oxygen atoms in total. The third kappa shape index (κ3) is 11.1. The predicted molar refractivity (Wildman–Crippen MR) is 524 cm³/mol. The lowest BCUT2D eigenvalue weighted by Gasteiger charge is -2.23. The molecule has 19 aromatic carbocycles. The van der Waals surface area contributed by atoms with E-state index in [1.54, 1.807) is 11.3 Å². The number of para-hydroxylation sites is 4. The summed E-state index contributed by atoms with van der Waals surface area (Å²) in [6, 6.07) is 143. The average molecular weight is 1600 g/mol. The number of thiazole rings is 1. The number of rotatable bonds is 9. The van der Waals surface area contributed by atoms with Crippen LogP contribution in [0.2, 0.25) is 0 Å². The summed E-state index contributed by atoms with van der Waals surface area (Å²) in [6.45, 7) is 19.0. The third-order valence-electron chi connectivity index (χ3n) is 28.3. The molecule has 0 saturated carbocycles. The van der Waals surface area contributed by atoms with E-state index in [0.717, 1.165) is 44.2 Å². The Morgan fingerprint density at radius 1 is 0.210 bits per heavy atom. The second kappa shape index (κ2) is 27.5. The molecule has 0 unspecified atom stereocenters. The molecular formula is C120H87N3S. The molecule has 4 heteroatoms. The van der Waals surface area contributed by atoms with Gasteiger partial charge < -0.3 is 0 Å². The standard InChI is InChI=1S/C63H46N2.C57H41NS/c1-62(2)53-22-12-10-18-45(53)47-33-30-42(37-55(47)62)41-31-35-51-52(36-41)60(43-32-34-48-46-19-11-13-23-54(46)63(3,4)56(48)38-43)50-21-9-8-20-49(50)59(51)39-26-28-40(29-27-39)61-64-57-24-14-15-25-58(57)65(61)44-16-6-5-7-17-44;1-56(2)47-17-9-7-13-39(47)41-28-25-37(32-49(41)56)36-26-30-45-46(31-36)54(38-27-29-42-40-14-8-10-18-48(40)57(3,4)50(42)33-38)44-16-6-5-15-43(44)53(45)34-21-23-35(24-22-34)55-58-51-19-11-12-20-52(51)59-55/h5-38H,1-4H3;5-33H,1-4H3. The van der Waals surface area contributed by atoms with Crippen LogP contribution in [0.3, 0.4) is 0 Å². The molecule has 0 aliphatic heterocycles. The van der Waals surface area contributed by atoms with Crippen molar-refractivity contribution in [2.24, 2.45) is 0 Å². The molecule has 2 aromatic heterocycles. The van der Waals surface area contributed by atoms with Gasteiger partial charge in [-0.2, -0.15) is 0 Å². The molecule has 0 atom stereocenters. The summed E-state index contributed by atoms with van der Waals surface area (Å²) in [5.74, 6) is 0.931. The van der Waals surface area contributed by atoms with Gasteiger partial charge in [0, 0.05) is 38.5 Å². The maximum absolute atomic E-state index is 5.20. The van der Waals surface area contributed by atoms with Gasteiger partial charge in [0.05, 0.1) is 21.3 Å². The van der Waals surface area contributed by atoms with E-state index in [9.17, 15) is 0 Å². The van der Waals surface area contributed by atoms with Crippen molar-refractivity contribution in [2.45, 2.75) is 77.0 Å². The van der Waals surface area contributed by atoms with Gasteiger partial charge in [-0.3, -0.25) is 4.57 Å². The number of hydrogen-bond donors (Lipinski definition) is 0. The highest BCUT2D eigenvalue weighted by atomic mass is 32.1. The molecule has 0 spiro atoms. The molecule has 0 radical (unpaired) electrons. The Morgan fingerprint density at radius 3 is 0.935 bits per heavy atom. The first kappa shape index (κ1) is 73.5. The lowest BCUT2D eigenvalue weighted by Crippen LogP contribution is -2.14.